The molecule has 0 unspecified atom stereocenters. The summed E-state index contributed by atoms with van der Waals surface area (Å²) in [6.07, 6.45) is 4.80. The van der Waals surface area contributed by atoms with E-state index in [-0.39, 0.29) is 0 Å². The molecule has 0 bridgehead atoms. The minimum absolute atomic E-state index is 0.409. The van der Waals surface area contributed by atoms with Crippen LogP contribution >= 0.6 is 12.2 Å². The highest BCUT2D eigenvalue weighted by Crippen LogP contribution is 2.13. The summed E-state index contributed by atoms with van der Waals surface area (Å²) in [7, 11) is 0. The minimum atomic E-state index is -0.791. The van der Waals surface area contributed by atoms with Crippen LogP contribution in [0, 0.1) is 16.4 Å². The SMILES string of the molecule is Fc1cccc(CCCn2cc[nH]c2=S)c1F. The number of nitrogens with zero attached hydrogens (tertiary/aromatic N) is 1. The Balaban J connectivity index is 1.97. The lowest BCUT2D eigenvalue weighted by atomic mass is 10.1. The normalized spacial score (nSPS) is 10.7. The number of halogens is 2. The average molecular weight is 254 g/mol. The molecule has 90 valence electrons. The van der Waals surface area contributed by atoms with Gasteiger partial charge in [-0.1, -0.05) is 12.1 Å². The van der Waals surface area contributed by atoms with Crippen molar-refractivity contribution in [2.45, 2.75) is 19.4 Å². The van der Waals surface area contributed by atoms with Crippen molar-refractivity contribution in [2.24, 2.45) is 0 Å². The third-order valence-electron chi connectivity index (χ3n) is 2.60. The van der Waals surface area contributed by atoms with Crippen LogP contribution in [0.5, 0.6) is 0 Å². The summed E-state index contributed by atoms with van der Waals surface area (Å²) in [5.41, 5.74) is 0.409. The van der Waals surface area contributed by atoms with Gasteiger partial charge in [0.15, 0.2) is 16.4 Å². The summed E-state index contributed by atoms with van der Waals surface area (Å²) in [4.78, 5) is 2.88. The van der Waals surface area contributed by atoms with Crippen LogP contribution in [0.3, 0.4) is 0 Å². The molecule has 0 fully saturated rings. The molecule has 17 heavy (non-hydrogen) atoms. The topological polar surface area (TPSA) is 20.7 Å². The van der Waals surface area contributed by atoms with Crippen molar-refractivity contribution in [3.63, 3.8) is 0 Å². The number of aromatic nitrogens is 2. The molecule has 0 radical (unpaired) electrons. The van der Waals surface area contributed by atoms with E-state index in [1.54, 1.807) is 12.3 Å². The molecule has 0 spiro atoms. The highest BCUT2D eigenvalue weighted by atomic mass is 32.1. The van der Waals surface area contributed by atoms with Gasteiger partial charge in [-0.15, -0.1) is 0 Å². The van der Waals surface area contributed by atoms with E-state index in [1.807, 2.05) is 10.8 Å². The van der Waals surface area contributed by atoms with Crippen molar-refractivity contribution in [1.82, 2.24) is 9.55 Å². The molecule has 0 aliphatic heterocycles. The van der Waals surface area contributed by atoms with Crippen LogP contribution in [0.2, 0.25) is 0 Å². The largest absolute Gasteiger partial charge is 0.337 e. The first kappa shape index (κ1) is 12.0. The quantitative estimate of drug-likeness (QED) is 0.829. The molecule has 0 aliphatic rings. The van der Waals surface area contributed by atoms with E-state index in [9.17, 15) is 8.78 Å². The van der Waals surface area contributed by atoms with Crippen LogP contribution in [0.1, 0.15) is 12.0 Å². The zero-order valence-corrected chi connectivity index (χ0v) is 9.94. The molecule has 0 saturated heterocycles. The number of nitrogens with one attached hydrogen (secondary N) is 1. The predicted octanol–water partition coefficient (Wildman–Crippen LogP) is 3.46. The van der Waals surface area contributed by atoms with Crippen LogP contribution < -0.4 is 0 Å². The van der Waals surface area contributed by atoms with Gasteiger partial charge in [0.2, 0.25) is 0 Å². The summed E-state index contributed by atoms with van der Waals surface area (Å²) >= 11 is 5.04. The summed E-state index contributed by atoms with van der Waals surface area (Å²) < 4.78 is 28.8. The molecule has 0 amide bonds. The van der Waals surface area contributed by atoms with Gasteiger partial charge >= 0.3 is 0 Å². The molecule has 0 aliphatic carbocycles. The lowest BCUT2D eigenvalue weighted by molar-refractivity contribution is 0.494. The second kappa shape index (κ2) is 5.23. The minimum Gasteiger partial charge on any atom is -0.337 e. The van der Waals surface area contributed by atoms with Crippen molar-refractivity contribution < 1.29 is 8.78 Å². The fourth-order valence-electron chi connectivity index (χ4n) is 1.71. The number of rotatable bonds is 4. The van der Waals surface area contributed by atoms with E-state index >= 15 is 0 Å². The van der Waals surface area contributed by atoms with Crippen LogP contribution in [0.25, 0.3) is 0 Å². The Bertz CT molecular complexity index is 560. The van der Waals surface area contributed by atoms with Crippen LogP contribution in [0.4, 0.5) is 8.78 Å². The number of hydrogen-bond acceptors (Lipinski definition) is 1. The number of aromatic amines is 1. The lowest BCUT2D eigenvalue weighted by Gasteiger charge is -2.04. The second-order valence-electron chi connectivity index (χ2n) is 3.78. The molecule has 1 N–H and O–H groups in total. The zero-order chi connectivity index (χ0) is 12.3. The number of H-pyrrole nitrogens is 1. The molecular weight excluding hydrogens is 242 g/mol. The maximum absolute atomic E-state index is 13.3. The van der Waals surface area contributed by atoms with Crippen molar-refractivity contribution in [3.05, 3.63) is 52.6 Å². The summed E-state index contributed by atoms with van der Waals surface area (Å²) in [6.45, 7) is 0.693. The molecule has 1 aromatic heterocycles. The fourth-order valence-corrected chi connectivity index (χ4v) is 1.93. The zero-order valence-electron chi connectivity index (χ0n) is 9.12. The first-order valence-electron chi connectivity index (χ1n) is 5.35. The van der Waals surface area contributed by atoms with Gasteiger partial charge in [0.25, 0.3) is 0 Å². The molecule has 2 aromatic rings. The van der Waals surface area contributed by atoms with E-state index in [0.717, 1.165) is 6.07 Å². The third kappa shape index (κ3) is 2.79. The van der Waals surface area contributed by atoms with Gasteiger partial charge in [0.1, 0.15) is 0 Å². The van der Waals surface area contributed by atoms with Crippen molar-refractivity contribution in [1.29, 1.82) is 0 Å². The van der Waals surface area contributed by atoms with Crippen molar-refractivity contribution >= 4 is 12.2 Å². The predicted molar refractivity (Wildman–Crippen MR) is 64.3 cm³/mol. The monoisotopic (exact) mass is 254 g/mol. The Morgan fingerprint density at radius 2 is 2.12 bits per heavy atom. The number of aryl methyl sites for hydroxylation is 2. The Labute approximate surface area is 103 Å². The number of hydrogen-bond donors (Lipinski definition) is 1. The van der Waals surface area contributed by atoms with Gasteiger partial charge in [-0.05, 0) is 36.7 Å². The molecule has 2 nitrogen and oxygen atoms in total. The molecule has 5 heteroatoms. The summed E-state index contributed by atoms with van der Waals surface area (Å²) in [5.74, 6) is -1.54. The molecular formula is C12H12F2N2S. The fraction of sp³-hybridized carbons (Fsp3) is 0.250. The van der Waals surface area contributed by atoms with E-state index in [4.69, 9.17) is 12.2 Å². The van der Waals surface area contributed by atoms with Gasteiger partial charge in [0, 0.05) is 18.9 Å². The maximum atomic E-state index is 13.3. The number of imidazole rings is 1. The second-order valence-corrected chi connectivity index (χ2v) is 4.16. The van der Waals surface area contributed by atoms with E-state index < -0.39 is 11.6 Å². The summed E-state index contributed by atoms with van der Waals surface area (Å²) in [6, 6.07) is 4.26. The van der Waals surface area contributed by atoms with Crippen LogP contribution in [-0.2, 0) is 13.0 Å². The standard InChI is InChI=1S/C12H12F2N2S/c13-10-5-1-3-9(11(10)14)4-2-7-16-8-6-15-12(16)17/h1,3,5-6,8H,2,4,7H2,(H,15,17). The number of benzene rings is 1. The van der Waals surface area contributed by atoms with E-state index in [2.05, 4.69) is 4.98 Å². The van der Waals surface area contributed by atoms with E-state index in [1.165, 1.54) is 6.07 Å². The van der Waals surface area contributed by atoms with Gasteiger partial charge in [0.05, 0.1) is 0 Å². The highest BCUT2D eigenvalue weighted by Gasteiger charge is 2.06. The summed E-state index contributed by atoms with van der Waals surface area (Å²) in [5, 5.41) is 0. The lowest BCUT2D eigenvalue weighted by Crippen LogP contribution is -2.00. The van der Waals surface area contributed by atoms with Crippen molar-refractivity contribution in [2.75, 3.05) is 0 Å². The van der Waals surface area contributed by atoms with Gasteiger partial charge in [-0.2, -0.15) is 0 Å². The van der Waals surface area contributed by atoms with Crippen LogP contribution in [-0.4, -0.2) is 9.55 Å². The molecule has 2 rings (SSSR count). The van der Waals surface area contributed by atoms with Gasteiger partial charge in [-0.3, -0.25) is 0 Å². The molecule has 1 heterocycles. The van der Waals surface area contributed by atoms with Gasteiger partial charge < -0.3 is 9.55 Å². The Kier molecular flexibility index (Phi) is 3.68. The highest BCUT2D eigenvalue weighted by molar-refractivity contribution is 7.71. The van der Waals surface area contributed by atoms with Crippen molar-refractivity contribution in [3.8, 4) is 0 Å². The third-order valence-corrected chi connectivity index (χ3v) is 2.95. The Morgan fingerprint density at radius 1 is 1.29 bits per heavy atom. The first-order valence-corrected chi connectivity index (χ1v) is 5.76. The smallest absolute Gasteiger partial charge is 0.177 e. The van der Waals surface area contributed by atoms with Gasteiger partial charge in [-0.25, -0.2) is 8.78 Å². The molecule has 1 aromatic carbocycles. The van der Waals surface area contributed by atoms with E-state index in [0.29, 0.717) is 29.7 Å². The van der Waals surface area contributed by atoms with Crippen LogP contribution in [0.15, 0.2) is 30.6 Å². The maximum Gasteiger partial charge on any atom is 0.177 e. The average Bonchev–Trinajstić information content (AvgIpc) is 2.71. The molecule has 0 saturated carbocycles. The first-order chi connectivity index (χ1) is 8.18. The Hall–Kier alpha value is -1.49. The molecule has 0 atom stereocenters. The Morgan fingerprint density at radius 3 is 2.82 bits per heavy atom.